The van der Waals surface area contributed by atoms with E-state index < -0.39 is 0 Å². The second-order valence-corrected chi connectivity index (χ2v) is 3.74. The van der Waals surface area contributed by atoms with Crippen molar-refractivity contribution in [2.75, 3.05) is 0 Å². The third kappa shape index (κ3) is 2.69. The third-order valence-corrected chi connectivity index (χ3v) is 2.48. The molecular formula is C14H11FO2. The van der Waals surface area contributed by atoms with Crippen molar-refractivity contribution in [1.29, 1.82) is 0 Å². The van der Waals surface area contributed by atoms with Gasteiger partial charge in [0.05, 0.1) is 5.56 Å². The molecule has 0 unspecified atom stereocenters. The average molecular weight is 230 g/mol. The number of carbonyl (C=O) groups is 1. The molecule has 0 saturated carbocycles. The average Bonchev–Trinajstić information content (AvgIpc) is 2.32. The molecule has 0 heterocycles. The van der Waals surface area contributed by atoms with Crippen LogP contribution in [0.5, 0.6) is 5.75 Å². The maximum atomic E-state index is 12.7. The summed E-state index contributed by atoms with van der Waals surface area (Å²) in [5, 5.41) is 9.52. The van der Waals surface area contributed by atoms with Crippen LogP contribution >= 0.6 is 0 Å². The number of phenolic OH excluding ortho intramolecular Hbond substituents is 1. The maximum absolute atomic E-state index is 12.7. The van der Waals surface area contributed by atoms with E-state index in [0.29, 0.717) is 0 Å². The Bertz CT molecular complexity index is 532. The second kappa shape index (κ2) is 4.78. The van der Waals surface area contributed by atoms with Gasteiger partial charge < -0.3 is 5.11 Å². The van der Waals surface area contributed by atoms with E-state index in [0.717, 1.165) is 5.56 Å². The van der Waals surface area contributed by atoms with Gasteiger partial charge in [-0.1, -0.05) is 24.3 Å². The molecule has 17 heavy (non-hydrogen) atoms. The van der Waals surface area contributed by atoms with Gasteiger partial charge in [0.2, 0.25) is 0 Å². The Morgan fingerprint density at radius 2 is 1.71 bits per heavy atom. The number of halogens is 1. The highest BCUT2D eigenvalue weighted by molar-refractivity contribution is 5.99. The Balaban J connectivity index is 2.17. The molecule has 0 saturated heterocycles. The van der Waals surface area contributed by atoms with E-state index in [4.69, 9.17) is 0 Å². The highest BCUT2D eigenvalue weighted by Crippen LogP contribution is 2.18. The lowest BCUT2D eigenvalue weighted by Gasteiger charge is -2.03. The molecule has 0 aliphatic rings. The zero-order valence-corrected chi connectivity index (χ0v) is 9.06. The van der Waals surface area contributed by atoms with E-state index in [-0.39, 0.29) is 29.3 Å². The number of aromatic hydroxyl groups is 1. The van der Waals surface area contributed by atoms with Gasteiger partial charge in [-0.15, -0.1) is 0 Å². The van der Waals surface area contributed by atoms with Crippen molar-refractivity contribution in [2.24, 2.45) is 0 Å². The van der Waals surface area contributed by atoms with Crippen LogP contribution in [0, 0.1) is 5.82 Å². The lowest BCUT2D eigenvalue weighted by Crippen LogP contribution is -2.03. The summed E-state index contributed by atoms with van der Waals surface area (Å²) in [7, 11) is 0. The van der Waals surface area contributed by atoms with Crippen LogP contribution in [0.1, 0.15) is 15.9 Å². The Morgan fingerprint density at radius 1 is 1.06 bits per heavy atom. The van der Waals surface area contributed by atoms with Crippen molar-refractivity contribution in [3.8, 4) is 5.75 Å². The number of phenols is 1. The lowest BCUT2D eigenvalue weighted by atomic mass is 10.0. The van der Waals surface area contributed by atoms with E-state index in [1.54, 1.807) is 30.3 Å². The normalized spacial score (nSPS) is 10.2. The molecule has 2 rings (SSSR count). The molecule has 86 valence electrons. The van der Waals surface area contributed by atoms with Crippen LogP contribution in [0.15, 0.2) is 48.5 Å². The molecule has 0 spiro atoms. The Hall–Kier alpha value is -2.16. The van der Waals surface area contributed by atoms with E-state index in [1.807, 2.05) is 0 Å². The predicted molar refractivity (Wildman–Crippen MR) is 62.5 cm³/mol. The van der Waals surface area contributed by atoms with Gasteiger partial charge >= 0.3 is 0 Å². The first-order valence-corrected chi connectivity index (χ1v) is 5.22. The molecule has 0 amide bonds. The molecule has 0 fully saturated rings. The zero-order valence-electron chi connectivity index (χ0n) is 9.06. The zero-order chi connectivity index (χ0) is 12.3. The summed E-state index contributed by atoms with van der Waals surface area (Å²) in [4.78, 5) is 11.9. The standard InChI is InChI=1S/C14H11FO2/c15-11-7-5-10(6-8-11)9-14(17)12-3-1-2-4-13(12)16/h1-8,16H,9H2. The highest BCUT2D eigenvalue weighted by Gasteiger charge is 2.10. The molecule has 0 aliphatic heterocycles. The number of carbonyl (C=O) groups excluding carboxylic acids is 1. The van der Waals surface area contributed by atoms with Gasteiger partial charge in [0.25, 0.3) is 0 Å². The van der Waals surface area contributed by atoms with E-state index >= 15 is 0 Å². The minimum absolute atomic E-state index is 0.0281. The Kier molecular flexibility index (Phi) is 3.19. The van der Waals surface area contributed by atoms with Crippen molar-refractivity contribution in [1.82, 2.24) is 0 Å². The van der Waals surface area contributed by atoms with Crippen LogP contribution < -0.4 is 0 Å². The van der Waals surface area contributed by atoms with Crippen molar-refractivity contribution < 1.29 is 14.3 Å². The highest BCUT2D eigenvalue weighted by atomic mass is 19.1. The van der Waals surface area contributed by atoms with Crippen LogP contribution in [0.3, 0.4) is 0 Å². The quantitative estimate of drug-likeness (QED) is 0.823. The smallest absolute Gasteiger partial charge is 0.170 e. The summed E-state index contributed by atoms with van der Waals surface area (Å²) < 4.78 is 12.7. The number of ketones is 1. The number of hydrogen-bond acceptors (Lipinski definition) is 2. The van der Waals surface area contributed by atoms with Gasteiger partial charge in [-0.3, -0.25) is 4.79 Å². The summed E-state index contributed by atoms with van der Waals surface area (Å²) in [6.07, 6.45) is 0.151. The summed E-state index contributed by atoms with van der Waals surface area (Å²) in [5.41, 5.74) is 1.01. The van der Waals surface area contributed by atoms with E-state index in [9.17, 15) is 14.3 Å². The molecule has 0 aliphatic carbocycles. The molecule has 2 aromatic rings. The first kappa shape index (κ1) is 11.3. The third-order valence-electron chi connectivity index (χ3n) is 2.48. The molecular weight excluding hydrogens is 219 g/mol. The SMILES string of the molecule is O=C(Cc1ccc(F)cc1)c1ccccc1O. The van der Waals surface area contributed by atoms with Gasteiger partial charge in [0.15, 0.2) is 5.78 Å². The van der Waals surface area contributed by atoms with Gasteiger partial charge in [0.1, 0.15) is 11.6 Å². The Labute approximate surface area is 98.3 Å². The number of hydrogen-bond donors (Lipinski definition) is 1. The first-order valence-electron chi connectivity index (χ1n) is 5.22. The van der Waals surface area contributed by atoms with Gasteiger partial charge in [0, 0.05) is 6.42 Å². The molecule has 0 aromatic heterocycles. The molecule has 0 bridgehead atoms. The first-order chi connectivity index (χ1) is 8.16. The molecule has 3 heteroatoms. The fraction of sp³-hybridized carbons (Fsp3) is 0.0714. The number of Topliss-reactive ketones (excluding diaryl/α,β-unsaturated/α-hetero) is 1. The fourth-order valence-electron chi connectivity index (χ4n) is 1.59. The van der Waals surface area contributed by atoms with Crippen LogP contribution in [0.4, 0.5) is 4.39 Å². The maximum Gasteiger partial charge on any atom is 0.170 e. The molecule has 2 aromatic carbocycles. The number of rotatable bonds is 3. The summed E-state index contributed by atoms with van der Waals surface area (Å²) in [6, 6.07) is 12.1. The van der Waals surface area contributed by atoms with Crippen molar-refractivity contribution in [3.05, 3.63) is 65.5 Å². The van der Waals surface area contributed by atoms with Crippen LogP contribution in [-0.2, 0) is 6.42 Å². The Morgan fingerprint density at radius 3 is 2.35 bits per heavy atom. The summed E-state index contributed by atoms with van der Waals surface area (Å²) in [6.45, 7) is 0. The monoisotopic (exact) mass is 230 g/mol. The second-order valence-electron chi connectivity index (χ2n) is 3.74. The largest absolute Gasteiger partial charge is 0.507 e. The van der Waals surface area contributed by atoms with Gasteiger partial charge in [-0.25, -0.2) is 4.39 Å². The van der Waals surface area contributed by atoms with Gasteiger partial charge in [-0.2, -0.15) is 0 Å². The molecule has 1 N–H and O–H groups in total. The number of benzene rings is 2. The van der Waals surface area contributed by atoms with Crippen LogP contribution in [-0.4, -0.2) is 10.9 Å². The molecule has 0 radical (unpaired) electrons. The molecule has 0 atom stereocenters. The van der Waals surface area contributed by atoms with Crippen LogP contribution in [0.2, 0.25) is 0 Å². The lowest BCUT2D eigenvalue weighted by molar-refractivity contribution is 0.0990. The van der Waals surface area contributed by atoms with Crippen molar-refractivity contribution in [3.63, 3.8) is 0 Å². The van der Waals surface area contributed by atoms with Crippen molar-refractivity contribution >= 4 is 5.78 Å². The van der Waals surface area contributed by atoms with E-state index in [2.05, 4.69) is 0 Å². The predicted octanol–water partition coefficient (Wildman–Crippen LogP) is 2.96. The minimum atomic E-state index is -0.330. The van der Waals surface area contributed by atoms with Gasteiger partial charge in [-0.05, 0) is 29.8 Å². The number of para-hydroxylation sites is 1. The van der Waals surface area contributed by atoms with E-state index in [1.165, 1.54) is 18.2 Å². The van der Waals surface area contributed by atoms with Crippen molar-refractivity contribution in [2.45, 2.75) is 6.42 Å². The van der Waals surface area contributed by atoms with Crippen LogP contribution in [0.25, 0.3) is 0 Å². The molecule has 2 nitrogen and oxygen atoms in total. The minimum Gasteiger partial charge on any atom is -0.507 e. The topological polar surface area (TPSA) is 37.3 Å². The fourth-order valence-corrected chi connectivity index (χ4v) is 1.59. The summed E-state index contributed by atoms with van der Waals surface area (Å²) in [5.74, 6) is -0.543. The summed E-state index contributed by atoms with van der Waals surface area (Å²) >= 11 is 0.